The molecule has 0 fully saturated rings. The Morgan fingerprint density at radius 2 is 1.59 bits per heavy atom. The zero-order chi connectivity index (χ0) is 19.9. The van der Waals surface area contributed by atoms with Crippen molar-refractivity contribution >= 4 is 0 Å². The molecule has 2 aromatic rings. The van der Waals surface area contributed by atoms with Crippen molar-refractivity contribution in [3.05, 3.63) is 48.0 Å². The van der Waals surface area contributed by atoms with Crippen LogP contribution in [0.3, 0.4) is 0 Å². The third-order valence-electron chi connectivity index (χ3n) is 3.98. The van der Waals surface area contributed by atoms with Crippen LogP contribution in [0.2, 0.25) is 0 Å². The molecule has 2 rings (SSSR count). The smallest absolute Gasteiger partial charge is 0.123 e. The minimum atomic E-state index is 0.00468. The number of phenolic OH excluding ortho intramolecular Hbond substituents is 1. The highest BCUT2D eigenvalue weighted by Crippen LogP contribution is 2.29. The first-order valence-corrected chi connectivity index (χ1v) is 9.97. The fourth-order valence-corrected chi connectivity index (χ4v) is 2.66. The van der Waals surface area contributed by atoms with E-state index in [1.54, 1.807) is 12.1 Å². The Kier molecular flexibility index (Phi) is 12.0. The van der Waals surface area contributed by atoms with Gasteiger partial charge >= 0.3 is 0 Å². The molecular formula is C23H34O4. The molecule has 0 saturated carbocycles. The molecule has 0 aliphatic rings. The maximum absolute atomic E-state index is 9.95. The number of hydrogen-bond acceptors (Lipinski definition) is 4. The van der Waals surface area contributed by atoms with Crippen LogP contribution in [0.15, 0.2) is 42.5 Å². The summed E-state index contributed by atoms with van der Waals surface area (Å²) in [4.78, 5) is 0. The molecular weight excluding hydrogens is 340 g/mol. The number of aliphatic hydroxyl groups is 1. The Bertz CT molecular complexity index is 623. The predicted molar refractivity (Wildman–Crippen MR) is 112 cm³/mol. The second kappa shape index (κ2) is 14.1. The third-order valence-corrected chi connectivity index (χ3v) is 3.98. The summed E-state index contributed by atoms with van der Waals surface area (Å²) in [7, 11) is 0. The van der Waals surface area contributed by atoms with Gasteiger partial charge in [-0.3, -0.25) is 0 Å². The van der Waals surface area contributed by atoms with Gasteiger partial charge < -0.3 is 19.7 Å². The fourth-order valence-electron chi connectivity index (χ4n) is 2.66. The summed E-state index contributed by atoms with van der Waals surface area (Å²) in [5.74, 6) is 0.783. The number of aromatic hydroxyl groups is 1. The van der Waals surface area contributed by atoms with Crippen LogP contribution in [0.25, 0.3) is 11.1 Å². The first kappa shape index (κ1) is 23.0. The molecule has 150 valence electrons. The van der Waals surface area contributed by atoms with Gasteiger partial charge in [-0.15, -0.1) is 0 Å². The molecule has 2 N–H and O–H groups in total. The molecule has 0 aliphatic heterocycles. The molecule has 0 heterocycles. The molecule has 0 unspecified atom stereocenters. The molecule has 2 aromatic carbocycles. The summed E-state index contributed by atoms with van der Waals surface area (Å²) in [5, 5.41) is 18.6. The standard InChI is InChI=1S/C21H28O4.C2H6/c1-2-3-4-5-17-6-8-18(9-7-17)19-14-20(23)16-21(15-19)25-13-12-24-11-10-22;1-2/h6-9,14-16,22-23H,2-5,10-13H2,1H3;1-2H3. The van der Waals surface area contributed by atoms with Gasteiger partial charge in [0.05, 0.1) is 19.8 Å². The molecule has 0 atom stereocenters. The van der Waals surface area contributed by atoms with Gasteiger partial charge in [0.2, 0.25) is 0 Å². The minimum Gasteiger partial charge on any atom is -0.508 e. The van der Waals surface area contributed by atoms with Crippen molar-refractivity contribution in [2.75, 3.05) is 26.4 Å². The Balaban J connectivity index is 0.00000176. The summed E-state index contributed by atoms with van der Waals surface area (Å²) in [5.41, 5.74) is 3.32. The van der Waals surface area contributed by atoms with Gasteiger partial charge in [0.25, 0.3) is 0 Å². The monoisotopic (exact) mass is 374 g/mol. The number of aryl methyl sites for hydroxylation is 1. The van der Waals surface area contributed by atoms with Crippen LogP contribution in [-0.2, 0) is 11.2 Å². The lowest BCUT2D eigenvalue weighted by Crippen LogP contribution is -2.09. The number of benzene rings is 2. The second-order valence-electron chi connectivity index (χ2n) is 6.05. The van der Waals surface area contributed by atoms with Crippen LogP contribution >= 0.6 is 0 Å². The van der Waals surface area contributed by atoms with Crippen molar-refractivity contribution in [2.45, 2.75) is 46.5 Å². The Labute approximate surface area is 163 Å². The SMILES string of the molecule is CC.CCCCCc1ccc(-c2cc(O)cc(OCCOCCO)c2)cc1. The van der Waals surface area contributed by atoms with E-state index in [0.717, 1.165) is 17.5 Å². The molecule has 0 spiro atoms. The lowest BCUT2D eigenvalue weighted by molar-refractivity contribution is 0.0705. The van der Waals surface area contributed by atoms with Gasteiger partial charge in [-0.2, -0.15) is 0 Å². The topological polar surface area (TPSA) is 58.9 Å². The molecule has 0 amide bonds. The Morgan fingerprint density at radius 3 is 2.26 bits per heavy atom. The summed E-state index contributed by atoms with van der Waals surface area (Å²) >= 11 is 0. The van der Waals surface area contributed by atoms with E-state index >= 15 is 0 Å². The van der Waals surface area contributed by atoms with Crippen LogP contribution in [0, 0.1) is 0 Å². The number of unbranched alkanes of at least 4 members (excludes halogenated alkanes) is 2. The lowest BCUT2D eigenvalue weighted by atomic mass is 10.0. The normalized spacial score (nSPS) is 10.2. The van der Waals surface area contributed by atoms with Crippen molar-refractivity contribution in [3.8, 4) is 22.6 Å². The molecule has 4 nitrogen and oxygen atoms in total. The van der Waals surface area contributed by atoms with Crippen LogP contribution in [0.4, 0.5) is 0 Å². The van der Waals surface area contributed by atoms with Crippen LogP contribution in [-0.4, -0.2) is 36.6 Å². The van der Waals surface area contributed by atoms with E-state index in [1.165, 1.54) is 24.8 Å². The Morgan fingerprint density at radius 1 is 0.852 bits per heavy atom. The average molecular weight is 375 g/mol. The van der Waals surface area contributed by atoms with E-state index in [2.05, 4.69) is 31.2 Å². The Hall–Kier alpha value is -2.04. The summed E-state index contributed by atoms with van der Waals surface area (Å²) in [6.45, 7) is 7.30. The molecule has 0 bridgehead atoms. The highest BCUT2D eigenvalue weighted by atomic mass is 16.5. The highest BCUT2D eigenvalue weighted by molar-refractivity contribution is 5.67. The third kappa shape index (κ3) is 8.94. The molecule has 0 aliphatic carbocycles. The molecule has 4 heteroatoms. The summed E-state index contributed by atoms with van der Waals surface area (Å²) < 4.78 is 10.8. The van der Waals surface area contributed by atoms with Crippen LogP contribution < -0.4 is 4.74 Å². The van der Waals surface area contributed by atoms with E-state index in [4.69, 9.17) is 14.6 Å². The summed E-state index contributed by atoms with van der Waals surface area (Å²) in [6, 6.07) is 13.7. The molecule has 27 heavy (non-hydrogen) atoms. The van der Waals surface area contributed by atoms with Crippen molar-refractivity contribution in [1.82, 2.24) is 0 Å². The highest BCUT2D eigenvalue weighted by Gasteiger charge is 2.05. The van der Waals surface area contributed by atoms with Crippen LogP contribution in [0.5, 0.6) is 11.5 Å². The maximum atomic E-state index is 9.95. The number of hydrogen-bond donors (Lipinski definition) is 2. The average Bonchev–Trinajstić information content (AvgIpc) is 2.70. The zero-order valence-corrected chi connectivity index (χ0v) is 16.9. The first-order valence-electron chi connectivity index (χ1n) is 9.97. The molecule has 0 aromatic heterocycles. The number of rotatable bonds is 11. The van der Waals surface area contributed by atoms with Crippen molar-refractivity contribution in [2.24, 2.45) is 0 Å². The van der Waals surface area contributed by atoms with Crippen LogP contribution in [0.1, 0.15) is 45.6 Å². The van der Waals surface area contributed by atoms with E-state index in [9.17, 15) is 5.11 Å². The lowest BCUT2D eigenvalue weighted by Gasteiger charge is -2.10. The van der Waals surface area contributed by atoms with Crippen molar-refractivity contribution in [3.63, 3.8) is 0 Å². The van der Waals surface area contributed by atoms with E-state index in [-0.39, 0.29) is 12.4 Å². The molecule has 0 saturated heterocycles. The quantitative estimate of drug-likeness (QED) is 0.530. The second-order valence-corrected chi connectivity index (χ2v) is 6.05. The van der Waals surface area contributed by atoms with E-state index in [0.29, 0.717) is 25.6 Å². The zero-order valence-electron chi connectivity index (χ0n) is 16.9. The first-order chi connectivity index (χ1) is 13.2. The molecule has 0 radical (unpaired) electrons. The fraction of sp³-hybridized carbons (Fsp3) is 0.478. The largest absolute Gasteiger partial charge is 0.508 e. The van der Waals surface area contributed by atoms with E-state index < -0.39 is 0 Å². The van der Waals surface area contributed by atoms with Gasteiger partial charge in [0.1, 0.15) is 18.1 Å². The number of ether oxygens (including phenoxy) is 2. The van der Waals surface area contributed by atoms with Gasteiger partial charge in [0.15, 0.2) is 0 Å². The van der Waals surface area contributed by atoms with Gasteiger partial charge in [-0.05, 0) is 41.7 Å². The van der Waals surface area contributed by atoms with Crippen molar-refractivity contribution < 1.29 is 19.7 Å². The van der Waals surface area contributed by atoms with Crippen molar-refractivity contribution in [1.29, 1.82) is 0 Å². The van der Waals surface area contributed by atoms with Gasteiger partial charge in [-0.25, -0.2) is 0 Å². The number of aliphatic hydroxyl groups excluding tert-OH is 1. The minimum absolute atomic E-state index is 0.00468. The van der Waals surface area contributed by atoms with Gasteiger partial charge in [-0.1, -0.05) is 57.9 Å². The van der Waals surface area contributed by atoms with E-state index in [1.807, 2.05) is 19.9 Å². The predicted octanol–water partition coefficient (Wildman–Crippen LogP) is 5.21. The van der Waals surface area contributed by atoms with Gasteiger partial charge in [0, 0.05) is 6.07 Å². The number of phenols is 1. The maximum Gasteiger partial charge on any atom is 0.123 e. The summed E-state index contributed by atoms with van der Waals surface area (Å²) in [6.07, 6.45) is 4.82.